The van der Waals surface area contributed by atoms with Gasteiger partial charge in [0.25, 0.3) is 0 Å². The average Bonchev–Trinajstić information content (AvgIpc) is 2.67. The number of rotatable bonds is 6. The summed E-state index contributed by atoms with van der Waals surface area (Å²) >= 11 is 0. The summed E-state index contributed by atoms with van der Waals surface area (Å²) in [5.74, 6) is -1.42. The van der Waals surface area contributed by atoms with E-state index in [0.29, 0.717) is 6.54 Å². The van der Waals surface area contributed by atoms with Crippen molar-refractivity contribution in [2.75, 3.05) is 6.54 Å². The minimum atomic E-state index is -0.631. The van der Waals surface area contributed by atoms with Gasteiger partial charge in [-0.3, -0.25) is 9.59 Å². The molecule has 0 saturated carbocycles. The second-order valence-corrected chi connectivity index (χ2v) is 6.92. The molecule has 0 fully saturated rings. The number of hydrogen-bond donors (Lipinski definition) is 1. The zero-order chi connectivity index (χ0) is 20.0. The first-order valence-corrected chi connectivity index (χ1v) is 9.27. The number of nitrogens with zero attached hydrogens (tertiary/aromatic N) is 1. The first-order chi connectivity index (χ1) is 12.8. The van der Waals surface area contributed by atoms with E-state index in [4.69, 9.17) is 0 Å². The topological polar surface area (TPSA) is 49.4 Å². The number of halogens is 1. The molecule has 0 radical (unpaired) electrons. The smallest absolute Gasteiger partial charge is 0.312 e. The lowest BCUT2D eigenvalue weighted by atomic mass is 9.96. The predicted octanol–water partition coefficient (Wildman–Crippen LogP) is 4.25. The molecule has 0 spiro atoms. The average molecular weight is 370 g/mol. The Morgan fingerprint density at radius 1 is 0.963 bits per heavy atom. The number of likely N-dealkylation sites (N-methyl/N-ethyl adjacent to an activating group) is 1. The van der Waals surface area contributed by atoms with Gasteiger partial charge in [0, 0.05) is 6.54 Å². The largest absolute Gasteiger partial charge is 0.341 e. The summed E-state index contributed by atoms with van der Waals surface area (Å²) in [6.45, 7) is 8.03. The first-order valence-electron chi connectivity index (χ1n) is 9.27. The lowest BCUT2D eigenvalue weighted by Gasteiger charge is -2.29. The van der Waals surface area contributed by atoms with Crippen LogP contribution in [0, 0.1) is 11.7 Å². The normalized spacial score (nSPS) is 13.1. The molecule has 2 rings (SSSR count). The maximum atomic E-state index is 13.2. The molecule has 2 atom stereocenters. The fourth-order valence-corrected chi connectivity index (χ4v) is 3.14. The van der Waals surface area contributed by atoms with Crippen molar-refractivity contribution in [3.05, 3.63) is 71.5 Å². The van der Waals surface area contributed by atoms with Crippen LogP contribution in [-0.4, -0.2) is 23.3 Å². The van der Waals surface area contributed by atoms with E-state index < -0.39 is 11.8 Å². The minimum Gasteiger partial charge on any atom is -0.341 e. The number of hydrogen-bond acceptors (Lipinski definition) is 2. The summed E-state index contributed by atoms with van der Waals surface area (Å²) in [6, 6.07) is 15.0. The van der Waals surface area contributed by atoms with Gasteiger partial charge in [-0.1, -0.05) is 56.3 Å². The van der Waals surface area contributed by atoms with Crippen LogP contribution in [0.15, 0.2) is 54.6 Å². The van der Waals surface area contributed by atoms with E-state index >= 15 is 0 Å². The molecule has 0 aliphatic heterocycles. The molecule has 27 heavy (non-hydrogen) atoms. The van der Waals surface area contributed by atoms with E-state index in [-0.39, 0.29) is 23.8 Å². The number of carbonyl (C=O) groups excluding carboxylic acids is 2. The molecule has 0 aliphatic rings. The first kappa shape index (κ1) is 20.6. The molecule has 0 heterocycles. The summed E-state index contributed by atoms with van der Waals surface area (Å²) < 4.78 is 13.2. The van der Waals surface area contributed by atoms with Crippen molar-refractivity contribution in [3.8, 4) is 0 Å². The number of carbonyl (C=O) groups is 2. The van der Waals surface area contributed by atoms with Crippen molar-refractivity contribution in [1.82, 2.24) is 10.2 Å². The van der Waals surface area contributed by atoms with Crippen LogP contribution in [0.25, 0.3) is 0 Å². The standard InChI is InChI=1S/C22H27FN2O2/c1-5-25(16(4)17-11-13-19(23)14-12-17)22(27)21(26)24-20(15(2)3)18-9-7-6-8-10-18/h6-16,20H,5H2,1-4H3,(H,24,26)/t16-,20-/m0/s1. The lowest BCUT2D eigenvalue weighted by molar-refractivity contribution is -0.147. The lowest BCUT2D eigenvalue weighted by Crippen LogP contribution is -2.45. The van der Waals surface area contributed by atoms with Gasteiger partial charge in [0.15, 0.2) is 0 Å². The van der Waals surface area contributed by atoms with Crippen molar-refractivity contribution in [1.29, 1.82) is 0 Å². The molecule has 0 unspecified atom stereocenters. The van der Waals surface area contributed by atoms with Crippen LogP contribution in [-0.2, 0) is 9.59 Å². The predicted molar refractivity (Wildman–Crippen MR) is 104 cm³/mol. The van der Waals surface area contributed by atoms with Crippen molar-refractivity contribution in [3.63, 3.8) is 0 Å². The van der Waals surface area contributed by atoms with Gasteiger partial charge in [-0.25, -0.2) is 4.39 Å². The van der Waals surface area contributed by atoms with Gasteiger partial charge in [-0.2, -0.15) is 0 Å². The van der Waals surface area contributed by atoms with Crippen LogP contribution >= 0.6 is 0 Å². The summed E-state index contributed by atoms with van der Waals surface area (Å²) in [4.78, 5) is 26.9. The van der Waals surface area contributed by atoms with Gasteiger partial charge in [0.1, 0.15) is 5.82 Å². The van der Waals surface area contributed by atoms with Gasteiger partial charge >= 0.3 is 11.8 Å². The van der Waals surface area contributed by atoms with Gasteiger partial charge in [0.2, 0.25) is 0 Å². The third-order valence-corrected chi connectivity index (χ3v) is 4.73. The fraction of sp³-hybridized carbons (Fsp3) is 0.364. The second kappa shape index (κ2) is 9.31. The van der Waals surface area contributed by atoms with Crippen LogP contribution in [0.2, 0.25) is 0 Å². The van der Waals surface area contributed by atoms with Gasteiger partial charge in [0.05, 0.1) is 12.1 Å². The summed E-state index contributed by atoms with van der Waals surface area (Å²) in [7, 11) is 0. The summed E-state index contributed by atoms with van der Waals surface area (Å²) in [5, 5.41) is 2.87. The highest BCUT2D eigenvalue weighted by molar-refractivity contribution is 6.35. The van der Waals surface area contributed by atoms with Crippen molar-refractivity contribution in [2.24, 2.45) is 5.92 Å². The van der Waals surface area contributed by atoms with E-state index in [0.717, 1.165) is 11.1 Å². The zero-order valence-corrected chi connectivity index (χ0v) is 16.3. The SMILES string of the molecule is CCN(C(=O)C(=O)N[C@H](c1ccccc1)C(C)C)[C@@H](C)c1ccc(F)cc1. The van der Waals surface area contributed by atoms with Crippen LogP contribution < -0.4 is 5.32 Å². The van der Waals surface area contributed by atoms with E-state index in [1.54, 1.807) is 12.1 Å². The molecule has 0 saturated heterocycles. The van der Waals surface area contributed by atoms with Crippen molar-refractivity contribution in [2.45, 2.75) is 39.8 Å². The monoisotopic (exact) mass is 370 g/mol. The Labute approximate surface area is 160 Å². The van der Waals surface area contributed by atoms with E-state index in [1.165, 1.54) is 17.0 Å². The number of amides is 2. The highest BCUT2D eigenvalue weighted by Gasteiger charge is 2.28. The van der Waals surface area contributed by atoms with E-state index in [1.807, 2.05) is 58.0 Å². The Hall–Kier alpha value is -2.69. The molecular weight excluding hydrogens is 343 g/mol. The Balaban J connectivity index is 2.15. The molecule has 4 nitrogen and oxygen atoms in total. The Bertz CT molecular complexity index is 760. The van der Waals surface area contributed by atoms with Crippen molar-refractivity contribution < 1.29 is 14.0 Å². The van der Waals surface area contributed by atoms with Crippen LogP contribution in [0.3, 0.4) is 0 Å². The highest BCUT2D eigenvalue weighted by atomic mass is 19.1. The van der Waals surface area contributed by atoms with Gasteiger partial charge in [-0.15, -0.1) is 0 Å². The van der Waals surface area contributed by atoms with Gasteiger partial charge in [-0.05, 0) is 43.0 Å². The molecule has 2 aromatic carbocycles. The summed E-state index contributed by atoms with van der Waals surface area (Å²) in [5.41, 5.74) is 1.74. The van der Waals surface area contributed by atoms with Crippen LogP contribution in [0.4, 0.5) is 4.39 Å². The molecule has 0 aromatic heterocycles. The third kappa shape index (κ3) is 5.16. The van der Waals surface area contributed by atoms with Crippen LogP contribution in [0.5, 0.6) is 0 Å². The third-order valence-electron chi connectivity index (χ3n) is 4.73. The van der Waals surface area contributed by atoms with E-state index in [2.05, 4.69) is 5.32 Å². The molecule has 144 valence electrons. The molecule has 0 aliphatic carbocycles. The molecule has 2 amide bonds. The Morgan fingerprint density at radius 2 is 1.56 bits per heavy atom. The Morgan fingerprint density at radius 3 is 2.07 bits per heavy atom. The number of benzene rings is 2. The zero-order valence-electron chi connectivity index (χ0n) is 16.3. The van der Waals surface area contributed by atoms with Crippen molar-refractivity contribution >= 4 is 11.8 Å². The van der Waals surface area contributed by atoms with Crippen LogP contribution in [0.1, 0.15) is 50.9 Å². The van der Waals surface area contributed by atoms with E-state index in [9.17, 15) is 14.0 Å². The second-order valence-electron chi connectivity index (χ2n) is 6.92. The minimum absolute atomic E-state index is 0.133. The maximum absolute atomic E-state index is 13.2. The molecule has 5 heteroatoms. The molecular formula is C22H27FN2O2. The highest BCUT2D eigenvalue weighted by Crippen LogP contribution is 2.23. The summed E-state index contributed by atoms with van der Waals surface area (Å²) in [6.07, 6.45) is 0. The van der Waals surface area contributed by atoms with Gasteiger partial charge < -0.3 is 10.2 Å². The molecule has 0 bridgehead atoms. The fourth-order valence-electron chi connectivity index (χ4n) is 3.14. The molecule has 1 N–H and O–H groups in total. The molecule has 2 aromatic rings. The maximum Gasteiger partial charge on any atom is 0.312 e. The number of nitrogens with one attached hydrogen (secondary N) is 1. The quantitative estimate of drug-likeness (QED) is 0.773. The Kier molecular flexibility index (Phi) is 7.11.